The second-order valence-corrected chi connectivity index (χ2v) is 3.00. The molecule has 3 heteroatoms. The van der Waals surface area contributed by atoms with E-state index < -0.39 is 0 Å². The van der Waals surface area contributed by atoms with Gasteiger partial charge in [-0.1, -0.05) is 0 Å². The average molecular weight is 226 g/mol. The molecule has 0 bridgehead atoms. The Balaban J connectivity index is 3.02. The van der Waals surface area contributed by atoms with Crippen LogP contribution < -0.4 is 9.47 Å². The van der Waals surface area contributed by atoms with Gasteiger partial charge in [-0.2, -0.15) is 0 Å². The summed E-state index contributed by atoms with van der Waals surface area (Å²) in [6.07, 6.45) is 0. The van der Waals surface area contributed by atoms with Crippen LogP contribution in [-0.2, 0) is 5.21 Å². The van der Waals surface area contributed by atoms with Gasteiger partial charge in [0.2, 0.25) is 0 Å². The molecule has 0 aliphatic heterocycles. The van der Waals surface area contributed by atoms with Crippen LogP contribution in [0.3, 0.4) is 0 Å². The van der Waals surface area contributed by atoms with Crippen LogP contribution in [0.1, 0.15) is 5.56 Å². The Morgan fingerprint density at radius 1 is 1.25 bits per heavy atom. The van der Waals surface area contributed by atoms with Crippen molar-refractivity contribution >= 4 is 16.9 Å². The van der Waals surface area contributed by atoms with E-state index in [0.717, 1.165) is 16.7 Å². The molecule has 1 aromatic rings. The van der Waals surface area contributed by atoms with Crippen LogP contribution in [0.5, 0.6) is 11.5 Å². The molecule has 0 fully saturated rings. The topological polar surface area (TPSA) is 18.5 Å². The van der Waals surface area contributed by atoms with Crippen molar-refractivity contribution in [1.82, 2.24) is 0 Å². The number of hydrogen-bond acceptors (Lipinski definition) is 2. The second kappa shape index (κ2) is 4.42. The zero-order valence-corrected chi connectivity index (χ0v) is 9.08. The maximum absolute atomic E-state index is 5.19. The molecule has 2 radical (unpaired) electrons. The van der Waals surface area contributed by atoms with E-state index in [9.17, 15) is 0 Å². The minimum atomic E-state index is 0.830. The maximum atomic E-state index is 5.19. The summed E-state index contributed by atoms with van der Waals surface area (Å²) in [5.41, 5.74) is 1.18. The van der Waals surface area contributed by atoms with Crippen molar-refractivity contribution < 1.29 is 9.47 Å². The molecule has 12 heavy (non-hydrogen) atoms. The van der Waals surface area contributed by atoms with Crippen LogP contribution in [0.25, 0.3) is 0 Å². The molecule has 0 aromatic heterocycles. The molecule has 0 saturated carbocycles. The second-order valence-electron chi connectivity index (χ2n) is 2.34. The fourth-order valence-corrected chi connectivity index (χ4v) is 1.53. The van der Waals surface area contributed by atoms with Crippen molar-refractivity contribution in [2.24, 2.45) is 0 Å². The van der Waals surface area contributed by atoms with E-state index in [0.29, 0.717) is 0 Å². The molecule has 0 atom stereocenters. The van der Waals surface area contributed by atoms with Gasteiger partial charge in [-0.3, -0.25) is 0 Å². The zero-order chi connectivity index (χ0) is 8.97. The van der Waals surface area contributed by atoms with E-state index in [4.69, 9.17) is 9.47 Å². The molecule has 0 saturated heterocycles. The molecule has 0 aliphatic rings. The quantitative estimate of drug-likeness (QED) is 0.725. The van der Waals surface area contributed by atoms with Crippen LogP contribution in [-0.4, -0.2) is 31.1 Å². The molecule has 1 aromatic carbocycles. The monoisotopic (exact) mass is 226 g/mol. The summed E-state index contributed by atoms with van der Waals surface area (Å²) in [5.74, 6) is 1.71. The van der Waals surface area contributed by atoms with Crippen molar-refractivity contribution in [3.63, 3.8) is 0 Å². The summed E-state index contributed by atoms with van der Waals surface area (Å²) >= 11 is 2.53. The van der Waals surface area contributed by atoms with Gasteiger partial charge in [0.1, 0.15) is 0 Å². The Hall–Kier alpha value is -0.622. The van der Waals surface area contributed by atoms with Crippen molar-refractivity contribution in [3.05, 3.63) is 23.8 Å². The van der Waals surface area contributed by atoms with Gasteiger partial charge in [-0.15, -0.1) is 0 Å². The van der Waals surface area contributed by atoms with Gasteiger partial charge < -0.3 is 0 Å². The average Bonchev–Trinajstić information content (AvgIpc) is 2.16. The number of methoxy groups -OCH3 is 2. The summed E-state index contributed by atoms with van der Waals surface area (Å²) < 4.78 is 10.3. The van der Waals surface area contributed by atoms with Crippen molar-refractivity contribution in [1.29, 1.82) is 0 Å². The van der Waals surface area contributed by atoms with Crippen molar-refractivity contribution in [2.45, 2.75) is 5.21 Å². The molecule has 0 spiro atoms. The Labute approximate surface area is 81.4 Å². The Bertz CT molecular complexity index is 261. The summed E-state index contributed by atoms with van der Waals surface area (Å²) in [5, 5.41) is 0.917. The van der Waals surface area contributed by atoms with Crippen LogP contribution >= 0.6 is 0 Å². The third-order valence-corrected chi connectivity index (χ3v) is 2.38. The Morgan fingerprint density at radius 2 is 2.00 bits per heavy atom. The fraction of sp³-hybridized carbons (Fsp3) is 0.333. The van der Waals surface area contributed by atoms with E-state index in [1.807, 2.05) is 18.2 Å². The zero-order valence-electron chi connectivity index (χ0n) is 7.20. The van der Waals surface area contributed by atoms with Crippen LogP contribution in [0.2, 0.25) is 0 Å². The minimum absolute atomic E-state index is 0.830. The first-order valence-corrected chi connectivity index (χ1v) is 4.96. The number of ether oxygens (including phenoxy) is 2. The molecule has 1 rings (SSSR count). The summed E-state index contributed by atoms with van der Waals surface area (Å²) in [6, 6.07) is 5.84. The predicted molar refractivity (Wildman–Crippen MR) is 49.0 cm³/mol. The van der Waals surface area contributed by atoms with E-state index >= 15 is 0 Å². The molecule has 0 unspecified atom stereocenters. The molecule has 0 amide bonds. The van der Waals surface area contributed by atoms with E-state index in [1.165, 1.54) is 5.56 Å². The van der Waals surface area contributed by atoms with Gasteiger partial charge in [-0.25, -0.2) is 0 Å². The Kier molecular flexibility index (Phi) is 3.48. The van der Waals surface area contributed by atoms with Gasteiger partial charge in [-0.05, 0) is 0 Å². The third kappa shape index (κ3) is 1.95. The summed E-state index contributed by atoms with van der Waals surface area (Å²) in [6.45, 7) is 0. The first kappa shape index (κ1) is 9.47. The first-order valence-electron chi connectivity index (χ1n) is 3.63. The number of benzene rings is 1. The van der Waals surface area contributed by atoms with Crippen LogP contribution in [0.15, 0.2) is 18.2 Å². The van der Waals surface area contributed by atoms with E-state index in [1.54, 1.807) is 14.2 Å². The normalized spacial score (nSPS) is 9.58. The van der Waals surface area contributed by atoms with Gasteiger partial charge >= 0.3 is 81.0 Å². The first-order chi connectivity index (χ1) is 5.81. The molecule has 2 nitrogen and oxygen atoms in total. The summed E-state index contributed by atoms with van der Waals surface area (Å²) in [7, 11) is 3.32. The van der Waals surface area contributed by atoms with Crippen LogP contribution in [0, 0.1) is 0 Å². The van der Waals surface area contributed by atoms with Crippen LogP contribution in [0.4, 0.5) is 0 Å². The van der Waals surface area contributed by atoms with Crippen molar-refractivity contribution in [2.75, 3.05) is 14.2 Å². The Morgan fingerprint density at radius 3 is 2.50 bits per heavy atom. The molecular formula is C9H11AsO2. The van der Waals surface area contributed by atoms with Gasteiger partial charge in [0.05, 0.1) is 0 Å². The molecule has 0 N–H and O–H groups in total. The van der Waals surface area contributed by atoms with E-state index in [-0.39, 0.29) is 0 Å². The van der Waals surface area contributed by atoms with Gasteiger partial charge in [0, 0.05) is 0 Å². The van der Waals surface area contributed by atoms with Gasteiger partial charge in [0.25, 0.3) is 0 Å². The fourth-order valence-electron chi connectivity index (χ4n) is 0.982. The molecule has 0 heterocycles. The molecule has 64 valence electrons. The van der Waals surface area contributed by atoms with Crippen molar-refractivity contribution in [3.8, 4) is 11.5 Å². The number of rotatable bonds is 3. The molecule has 0 aliphatic carbocycles. The summed E-state index contributed by atoms with van der Waals surface area (Å²) in [4.78, 5) is 0. The third-order valence-electron chi connectivity index (χ3n) is 1.66. The van der Waals surface area contributed by atoms with E-state index in [2.05, 4.69) is 16.9 Å². The standard InChI is InChI=1S/C9H11AsO2/c1-11-8-4-3-7(6-10)9(5-8)12-2/h3-5H,6H2,1-2H3. The number of hydrogen-bond donors (Lipinski definition) is 0. The van der Waals surface area contributed by atoms with Gasteiger partial charge in [0.15, 0.2) is 0 Å². The predicted octanol–water partition coefficient (Wildman–Crippen LogP) is 1.37. The SMILES string of the molecule is COc1ccc(C[As])c(OC)c1. The molecular weight excluding hydrogens is 215 g/mol.